The van der Waals surface area contributed by atoms with E-state index in [0.717, 1.165) is 33.9 Å². The fraction of sp³-hybridized carbons (Fsp3) is 0.583. The van der Waals surface area contributed by atoms with Gasteiger partial charge < -0.3 is 10.1 Å². The van der Waals surface area contributed by atoms with Crippen LogP contribution in [0.4, 0.5) is 0 Å². The van der Waals surface area contributed by atoms with E-state index in [-0.39, 0.29) is 0 Å². The molecule has 0 unspecified atom stereocenters. The van der Waals surface area contributed by atoms with Crippen LogP contribution in [-0.2, 0) is 11.3 Å². The lowest BCUT2D eigenvalue weighted by Crippen LogP contribution is -2.14. The van der Waals surface area contributed by atoms with Gasteiger partial charge in [-0.2, -0.15) is 0 Å². The van der Waals surface area contributed by atoms with Gasteiger partial charge in [-0.15, -0.1) is 11.3 Å². The molecule has 1 aromatic heterocycles. The fourth-order valence-electron chi connectivity index (χ4n) is 1.55. The van der Waals surface area contributed by atoms with E-state index in [1.807, 2.05) is 13.8 Å². The van der Waals surface area contributed by atoms with E-state index < -0.39 is 0 Å². The molecule has 1 aliphatic carbocycles. The number of rotatable bonds is 6. The van der Waals surface area contributed by atoms with E-state index in [9.17, 15) is 0 Å². The molecule has 0 spiro atoms. The van der Waals surface area contributed by atoms with Crippen LogP contribution in [0.25, 0.3) is 5.76 Å². The van der Waals surface area contributed by atoms with Gasteiger partial charge in [0.05, 0.1) is 17.2 Å². The maximum Gasteiger partial charge on any atom is 0.131 e. The van der Waals surface area contributed by atoms with Gasteiger partial charge in [0.25, 0.3) is 0 Å². The van der Waals surface area contributed by atoms with Crippen molar-refractivity contribution in [3.05, 3.63) is 22.2 Å². The van der Waals surface area contributed by atoms with Crippen molar-refractivity contribution in [2.45, 2.75) is 39.3 Å². The first-order valence-electron chi connectivity index (χ1n) is 5.72. The largest absolute Gasteiger partial charge is 0.493 e. The lowest BCUT2D eigenvalue weighted by molar-refractivity contribution is 0.300. The molecule has 0 aliphatic heterocycles. The minimum atomic E-state index is 0.659. The summed E-state index contributed by atoms with van der Waals surface area (Å²) in [7, 11) is 0. The Balaban J connectivity index is 1.98. The second-order valence-electron chi connectivity index (χ2n) is 4.03. The Hall–Kier alpha value is -0.870. The smallest absolute Gasteiger partial charge is 0.131 e. The first kappa shape index (κ1) is 11.6. The number of ether oxygens (including phenoxy) is 1. The molecule has 0 aromatic carbocycles. The number of aromatic nitrogens is 1. The summed E-state index contributed by atoms with van der Waals surface area (Å²) in [6.45, 7) is 9.43. The average Bonchev–Trinajstić information content (AvgIpc) is 3.00. The fourth-order valence-corrected chi connectivity index (χ4v) is 2.49. The van der Waals surface area contributed by atoms with Crippen molar-refractivity contribution in [1.29, 1.82) is 0 Å². The van der Waals surface area contributed by atoms with Gasteiger partial charge in [0.2, 0.25) is 0 Å². The summed E-state index contributed by atoms with van der Waals surface area (Å²) < 4.78 is 5.42. The Morgan fingerprint density at radius 2 is 2.38 bits per heavy atom. The molecule has 1 aliphatic rings. The van der Waals surface area contributed by atoms with Gasteiger partial charge in [0.1, 0.15) is 10.8 Å². The van der Waals surface area contributed by atoms with E-state index in [1.165, 1.54) is 12.8 Å². The van der Waals surface area contributed by atoms with Crippen LogP contribution in [0.2, 0.25) is 0 Å². The van der Waals surface area contributed by atoms with Gasteiger partial charge in [-0.3, -0.25) is 0 Å². The molecule has 16 heavy (non-hydrogen) atoms. The molecule has 1 saturated carbocycles. The highest BCUT2D eigenvalue weighted by atomic mass is 32.1. The average molecular weight is 238 g/mol. The monoisotopic (exact) mass is 238 g/mol. The lowest BCUT2D eigenvalue weighted by atomic mass is 10.3. The molecular weight excluding hydrogens is 220 g/mol. The molecular formula is C12H18N2OS. The number of hydrogen-bond donors (Lipinski definition) is 1. The molecule has 1 heterocycles. The standard InChI is InChI=1S/C12H18N2OS/c1-4-15-9(3)12-8(2)14-11(16-12)7-13-10-5-6-10/h10,13H,3-7H2,1-2H3. The van der Waals surface area contributed by atoms with Crippen LogP contribution in [0.5, 0.6) is 0 Å². The molecule has 4 heteroatoms. The molecule has 0 atom stereocenters. The SMILES string of the molecule is C=C(OCC)c1sc(CNC2CC2)nc1C. The van der Waals surface area contributed by atoms with E-state index in [4.69, 9.17) is 4.74 Å². The van der Waals surface area contributed by atoms with Crippen molar-refractivity contribution in [1.82, 2.24) is 10.3 Å². The number of hydrogen-bond acceptors (Lipinski definition) is 4. The third kappa shape index (κ3) is 2.83. The van der Waals surface area contributed by atoms with E-state index in [2.05, 4.69) is 16.9 Å². The Bertz CT molecular complexity index is 382. The second kappa shape index (κ2) is 4.97. The maximum atomic E-state index is 5.42. The predicted molar refractivity (Wildman–Crippen MR) is 67.4 cm³/mol. The van der Waals surface area contributed by atoms with Crippen LogP contribution in [0.3, 0.4) is 0 Å². The van der Waals surface area contributed by atoms with Crippen molar-refractivity contribution in [2.24, 2.45) is 0 Å². The Morgan fingerprint density at radius 1 is 1.62 bits per heavy atom. The summed E-state index contributed by atoms with van der Waals surface area (Å²) in [5, 5.41) is 4.59. The molecule has 1 fully saturated rings. The zero-order valence-corrected chi connectivity index (χ0v) is 10.7. The normalized spacial score (nSPS) is 15.1. The zero-order valence-electron chi connectivity index (χ0n) is 9.88. The van der Waals surface area contributed by atoms with Crippen molar-refractivity contribution in [3.8, 4) is 0 Å². The molecule has 88 valence electrons. The molecule has 0 saturated heterocycles. The van der Waals surface area contributed by atoms with Gasteiger partial charge in [0.15, 0.2) is 0 Å². The first-order valence-corrected chi connectivity index (χ1v) is 6.54. The summed E-state index contributed by atoms with van der Waals surface area (Å²) in [6, 6.07) is 0.725. The van der Waals surface area contributed by atoms with E-state index >= 15 is 0 Å². The van der Waals surface area contributed by atoms with Crippen LogP contribution in [0.1, 0.15) is 35.3 Å². The van der Waals surface area contributed by atoms with E-state index in [1.54, 1.807) is 11.3 Å². The quantitative estimate of drug-likeness (QED) is 0.774. The molecule has 1 N–H and O–H groups in total. The van der Waals surface area contributed by atoms with Gasteiger partial charge in [-0.25, -0.2) is 4.98 Å². The predicted octanol–water partition coefficient (Wildman–Crippen LogP) is 2.71. The van der Waals surface area contributed by atoms with Crippen molar-refractivity contribution in [3.63, 3.8) is 0 Å². The number of nitrogens with one attached hydrogen (secondary N) is 1. The molecule has 0 bridgehead atoms. The lowest BCUT2D eigenvalue weighted by Gasteiger charge is -2.03. The number of aryl methyl sites for hydroxylation is 1. The van der Waals surface area contributed by atoms with Crippen LogP contribution >= 0.6 is 11.3 Å². The third-order valence-electron chi connectivity index (χ3n) is 2.53. The molecule has 0 radical (unpaired) electrons. The van der Waals surface area contributed by atoms with Gasteiger partial charge >= 0.3 is 0 Å². The van der Waals surface area contributed by atoms with Crippen molar-refractivity contribution >= 4 is 17.1 Å². The summed E-state index contributed by atoms with van der Waals surface area (Å²) in [5.41, 5.74) is 1.02. The van der Waals surface area contributed by atoms with Crippen LogP contribution in [0, 0.1) is 6.92 Å². The third-order valence-corrected chi connectivity index (χ3v) is 3.73. The van der Waals surface area contributed by atoms with Crippen LogP contribution in [-0.4, -0.2) is 17.6 Å². The Kier molecular flexibility index (Phi) is 3.61. The minimum absolute atomic E-state index is 0.659. The first-order chi connectivity index (χ1) is 7.70. The van der Waals surface area contributed by atoms with Crippen molar-refractivity contribution < 1.29 is 4.74 Å². The Morgan fingerprint density at radius 3 is 3.00 bits per heavy atom. The molecule has 0 amide bonds. The van der Waals surface area contributed by atoms with Crippen LogP contribution < -0.4 is 5.32 Å². The second-order valence-corrected chi connectivity index (χ2v) is 5.12. The molecule has 1 aromatic rings. The highest BCUT2D eigenvalue weighted by molar-refractivity contribution is 7.12. The molecule has 3 nitrogen and oxygen atoms in total. The van der Waals surface area contributed by atoms with Gasteiger partial charge in [-0.1, -0.05) is 6.58 Å². The van der Waals surface area contributed by atoms with Gasteiger partial charge in [0, 0.05) is 12.6 Å². The molecule has 2 rings (SSSR count). The summed E-state index contributed by atoms with van der Waals surface area (Å²) in [5.74, 6) is 0.746. The van der Waals surface area contributed by atoms with Crippen LogP contribution in [0.15, 0.2) is 6.58 Å². The Labute approximate surface area is 101 Å². The van der Waals surface area contributed by atoms with Gasteiger partial charge in [-0.05, 0) is 26.7 Å². The topological polar surface area (TPSA) is 34.1 Å². The van der Waals surface area contributed by atoms with Crippen molar-refractivity contribution in [2.75, 3.05) is 6.61 Å². The highest BCUT2D eigenvalue weighted by Gasteiger charge is 2.21. The number of nitrogens with zero attached hydrogens (tertiary/aromatic N) is 1. The summed E-state index contributed by atoms with van der Waals surface area (Å²) in [6.07, 6.45) is 2.62. The highest BCUT2D eigenvalue weighted by Crippen LogP contribution is 2.26. The zero-order chi connectivity index (χ0) is 11.5. The van der Waals surface area contributed by atoms with E-state index in [0.29, 0.717) is 6.61 Å². The summed E-state index contributed by atoms with van der Waals surface area (Å²) in [4.78, 5) is 5.61. The maximum absolute atomic E-state index is 5.42. The summed E-state index contributed by atoms with van der Waals surface area (Å²) >= 11 is 1.68. The minimum Gasteiger partial charge on any atom is -0.493 e. The number of thiazole rings is 1.